The maximum Gasteiger partial charge on any atom is 0.275 e. The van der Waals surface area contributed by atoms with Gasteiger partial charge in [-0.15, -0.1) is 11.3 Å². The minimum atomic E-state index is -4.01. The summed E-state index contributed by atoms with van der Waals surface area (Å²) in [5.74, 6) is 0.136. The molecule has 4 heterocycles. The van der Waals surface area contributed by atoms with Crippen LogP contribution < -0.4 is 19.5 Å². The van der Waals surface area contributed by atoms with Crippen molar-refractivity contribution in [2.24, 2.45) is 0 Å². The number of aromatic nitrogens is 4. The number of amides is 1. The molecule has 2 atom stereocenters. The number of thiazole rings is 1. The summed E-state index contributed by atoms with van der Waals surface area (Å²) in [7, 11) is -1.14. The second-order valence-electron chi connectivity index (χ2n) is 11.0. The van der Waals surface area contributed by atoms with Gasteiger partial charge in [0, 0.05) is 41.7 Å². The van der Waals surface area contributed by atoms with Crippen molar-refractivity contribution in [1.29, 1.82) is 0 Å². The van der Waals surface area contributed by atoms with Crippen LogP contribution in [0.1, 0.15) is 29.3 Å². The highest BCUT2D eigenvalue weighted by Gasteiger charge is 2.24. The molecule has 0 unspecified atom stereocenters. The van der Waals surface area contributed by atoms with Gasteiger partial charge in [-0.2, -0.15) is 5.10 Å². The summed E-state index contributed by atoms with van der Waals surface area (Å²) in [6.45, 7) is 6.36. The third kappa shape index (κ3) is 6.82. The van der Waals surface area contributed by atoms with Crippen LogP contribution in [0.2, 0.25) is 0 Å². The topological polar surface area (TPSA) is 161 Å². The fourth-order valence-electron chi connectivity index (χ4n) is 5.42. The van der Waals surface area contributed by atoms with Gasteiger partial charge in [-0.1, -0.05) is 6.07 Å². The number of rotatable bonds is 10. The molecule has 46 heavy (non-hydrogen) atoms. The van der Waals surface area contributed by atoms with Gasteiger partial charge in [0.05, 0.1) is 55.3 Å². The Hall–Kier alpha value is -4.57. The first-order valence-electron chi connectivity index (χ1n) is 14.4. The summed E-state index contributed by atoms with van der Waals surface area (Å²) < 4.78 is 45.4. The van der Waals surface area contributed by atoms with Crippen LogP contribution in [0, 0.1) is 0 Å². The smallest absolute Gasteiger partial charge is 0.275 e. The average Bonchev–Trinajstić information content (AvgIpc) is 3.70. The molecule has 6 rings (SSSR count). The number of nitrogens with one attached hydrogen (secondary N) is 3. The van der Waals surface area contributed by atoms with E-state index in [4.69, 9.17) is 14.2 Å². The molecule has 1 fully saturated rings. The first-order chi connectivity index (χ1) is 22.1. The summed E-state index contributed by atoms with van der Waals surface area (Å²) >= 11 is 1.44. The van der Waals surface area contributed by atoms with Gasteiger partial charge in [0.1, 0.15) is 22.1 Å². The van der Waals surface area contributed by atoms with Crippen molar-refractivity contribution < 1.29 is 27.4 Å². The minimum Gasteiger partial charge on any atom is -0.497 e. The molecule has 1 saturated heterocycles. The zero-order valence-corrected chi connectivity index (χ0v) is 27.2. The molecule has 0 saturated carbocycles. The highest BCUT2D eigenvalue weighted by molar-refractivity contribution is 7.92. The number of pyridine rings is 1. The van der Waals surface area contributed by atoms with E-state index in [1.165, 1.54) is 37.7 Å². The van der Waals surface area contributed by atoms with Crippen molar-refractivity contribution in [1.82, 2.24) is 25.1 Å². The fourth-order valence-corrected chi connectivity index (χ4v) is 7.32. The predicted octanol–water partition coefficient (Wildman–Crippen LogP) is 4.76. The molecule has 0 bridgehead atoms. The second-order valence-corrected chi connectivity index (χ2v) is 13.6. The van der Waals surface area contributed by atoms with E-state index in [1.807, 2.05) is 6.07 Å². The van der Waals surface area contributed by atoms with Gasteiger partial charge in [0.2, 0.25) is 5.88 Å². The van der Waals surface area contributed by atoms with Gasteiger partial charge < -0.3 is 19.5 Å². The van der Waals surface area contributed by atoms with E-state index >= 15 is 0 Å². The van der Waals surface area contributed by atoms with Crippen molar-refractivity contribution in [3.05, 3.63) is 70.9 Å². The van der Waals surface area contributed by atoms with Gasteiger partial charge >= 0.3 is 0 Å². The molecule has 5 aromatic rings. The highest BCUT2D eigenvalue weighted by Crippen LogP contribution is 2.34. The van der Waals surface area contributed by atoms with Crippen molar-refractivity contribution >= 4 is 49.5 Å². The minimum absolute atomic E-state index is 0.0162. The number of fused-ring (bicyclic) bond motifs is 1. The Bertz CT molecular complexity index is 1980. The van der Waals surface area contributed by atoms with Gasteiger partial charge in [-0.3, -0.25) is 19.5 Å². The molecular formula is C31H33N7O6S2. The lowest BCUT2D eigenvalue weighted by Crippen LogP contribution is -2.44. The molecule has 1 amide bonds. The summed E-state index contributed by atoms with van der Waals surface area (Å²) in [6.07, 6.45) is 3.47. The maximum absolute atomic E-state index is 13.4. The third-order valence-corrected chi connectivity index (χ3v) is 9.62. The standard InChI is InChI=1S/C31H33N7O6S2/c1-18-14-38(15-19(2)44-18)16-29-34-28(17-45-29)30(39)35-25-8-20(9-26-24(25)13-33-36-26)21-10-27(31(43-4)32-12-21)37-46(40,41)23-7-5-6-22(11-23)42-3/h5-13,17-19,37H,14-16H2,1-4H3,(H,33,36)(H,35,39)/t18-,19+. The molecule has 13 nitrogen and oxygen atoms in total. The summed E-state index contributed by atoms with van der Waals surface area (Å²) in [5.41, 5.74) is 2.84. The maximum atomic E-state index is 13.4. The summed E-state index contributed by atoms with van der Waals surface area (Å²) in [6, 6.07) is 11.4. The van der Waals surface area contributed by atoms with Crippen LogP contribution >= 0.6 is 11.3 Å². The normalized spacial score (nSPS) is 17.1. The number of benzene rings is 2. The Labute approximate surface area is 270 Å². The SMILES string of the molecule is COc1cccc(S(=O)(=O)Nc2cc(-c3cc(NC(=O)c4csc(CN5C[C@@H](C)O[C@@H](C)C5)n4)c4cn[nH]c4c3)cnc2OC)c1. The predicted molar refractivity (Wildman–Crippen MR) is 175 cm³/mol. The number of H-pyrrole nitrogens is 1. The van der Waals surface area contributed by atoms with E-state index < -0.39 is 10.0 Å². The van der Waals surface area contributed by atoms with Gasteiger partial charge in [-0.05, 0) is 49.7 Å². The van der Waals surface area contributed by atoms with E-state index in [1.54, 1.807) is 42.0 Å². The van der Waals surface area contributed by atoms with E-state index in [0.29, 0.717) is 45.7 Å². The largest absolute Gasteiger partial charge is 0.497 e. The number of hydrogen-bond donors (Lipinski definition) is 3. The Morgan fingerprint density at radius 1 is 1.07 bits per heavy atom. The number of aromatic amines is 1. The number of methoxy groups -OCH3 is 2. The van der Waals surface area contributed by atoms with Crippen molar-refractivity contribution in [2.75, 3.05) is 37.3 Å². The molecular weight excluding hydrogens is 631 g/mol. The molecule has 1 aliphatic heterocycles. The van der Waals surface area contributed by atoms with Crippen LogP contribution in [-0.2, 0) is 21.3 Å². The second kappa shape index (κ2) is 13.0. The average molecular weight is 664 g/mol. The fraction of sp³-hybridized carbons (Fsp3) is 0.290. The molecule has 2 aromatic carbocycles. The molecule has 0 radical (unpaired) electrons. The molecule has 3 N–H and O–H groups in total. The van der Waals surface area contributed by atoms with Gasteiger partial charge in [-0.25, -0.2) is 18.4 Å². The molecule has 15 heteroatoms. The van der Waals surface area contributed by atoms with E-state index in [2.05, 4.69) is 49.0 Å². The van der Waals surface area contributed by atoms with Gasteiger partial charge in [0.15, 0.2) is 0 Å². The van der Waals surface area contributed by atoms with Crippen LogP contribution in [0.25, 0.3) is 22.0 Å². The monoisotopic (exact) mass is 663 g/mol. The number of anilines is 2. The van der Waals surface area contributed by atoms with Gasteiger partial charge in [0.25, 0.3) is 15.9 Å². The number of sulfonamides is 1. The van der Waals surface area contributed by atoms with Crippen molar-refractivity contribution in [3.63, 3.8) is 0 Å². The zero-order chi connectivity index (χ0) is 32.4. The number of morpholine rings is 1. The Balaban J connectivity index is 1.26. The van der Waals surface area contributed by atoms with E-state index in [0.717, 1.165) is 18.1 Å². The lowest BCUT2D eigenvalue weighted by molar-refractivity contribution is -0.0705. The molecule has 240 valence electrons. The van der Waals surface area contributed by atoms with Crippen LogP contribution in [0.15, 0.2) is 65.1 Å². The molecule has 3 aromatic heterocycles. The zero-order valence-electron chi connectivity index (χ0n) is 25.6. The lowest BCUT2D eigenvalue weighted by Gasteiger charge is -2.34. The Morgan fingerprint density at radius 3 is 2.61 bits per heavy atom. The van der Waals surface area contributed by atoms with Crippen molar-refractivity contribution in [3.8, 4) is 22.8 Å². The quantitative estimate of drug-likeness (QED) is 0.190. The highest BCUT2D eigenvalue weighted by atomic mass is 32.2. The van der Waals surface area contributed by atoms with Crippen LogP contribution in [0.5, 0.6) is 11.6 Å². The number of hydrogen-bond acceptors (Lipinski definition) is 11. The third-order valence-electron chi connectivity index (χ3n) is 7.42. The first-order valence-corrected chi connectivity index (χ1v) is 16.8. The number of ether oxygens (including phenoxy) is 3. The number of nitrogens with zero attached hydrogens (tertiary/aromatic N) is 4. The Kier molecular flexibility index (Phi) is 8.90. The number of carbonyl (C=O) groups is 1. The van der Waals surface area contributed by atoms with E-state index in [-0.39, 0.29) is 34.6 Å². The van der Waals surface area contributed by atoms with Crippen LogP contribution in [0.3, 0.4) is 0 Å². The summed E-state index contributed by atoms with van der Waals surface area (Å²) in [4.78, 5) is 24.6. The van der Waals surface area contributed by atoms with Crippen LogP contribution in [0.4, 0.5) is 11.4 Å². The first kappa shape index (κ1) is 31.4. The molecule has 1 aliphatic rings. The molecule has 0 spiro atoms. The van der Waals surface area contributed by atoms with Crippen molar-refractivity contribution in [2.45, 2.75) is 37.5 Å². The van der Waals surface area contributed by atoms with Crippen LogP contribution in [-0.4, -0.2) is 78.9 Å². The number of carbonyl (C=O) groups excluding carboxylic acids is 1. The summed E-state index contributed by atoms with van der Waals surface area (Å²) in [5, 5.41) is 13.4. The molecule has 0 aliphatic carbocycles. The lowest BCUT2D eigenvalue weighted by atomic mass is 10.0. The Morgan fingerprint density at radius 2 is 1.85 bits per heavy atom. The van der Waals surface area contributed by atoms with E-state index in [9.17, 15) is 13.2 Å².